The van der Waals surface area contributed by atoms with Crippen LogP contribution in [0, 0.1) is 11.7 Å². The minimum absolute atomic E-state index is 0.159. The van der Waals surface area contributed by atoms with Gasteiger partial charge in [0, 0.05) is 41.9 Å². The molecule has 1 saturated carbocycles. The van der Waals surface area contributed by atoms with Gasteiger partial charge in [0.25, 0.3) is 0 Å². The minimum Gasteiger partial charge on any atom is -0.347 e. The number of sulfonamides is 1. The Labute approximate surface area is 163 Å². The summed E-state index contributed by atoms with van der Waals surface area (Å²) >= 11 is 0. The largest absolute Gasteiger partial charge is 0.347 e. The molecule has 8 heteroatoms. The predicted octanol–water partition coefficient (Wildman–Crippen LogP) is 3.48. The normalized spacial score (nSPS) is 14.9. The fraction of sp³-hybridized carbons (Fsp3) is 0.400. The maximum Gasteiger partial charge on any atom is 0.214 e. The van der Waals surface area contributed by atoms with Gasteiger partial charge in [0.2, 0.25) is 10.0 Å². The van der Waals surface area contributed by atoms with E-state index in [1.807, 2.05) is 6.20 Å². The van der Waals surface area contributed by atoms with Gasteiger partial charge in [0.05, 0.1) is 10.9 Å². The van der Waals surface area contributed by atoms with Crippen molar-refractivity contribution in [2.45, 2.75) is 45.0 Å². The first-order valence-corrected chi connectivity index (χ1v) is 11.0. The van der Waals surface area contributed by atoms with Crippen molar-refractivity contribution >= 4 is 20.9 Å². The molecule has 0 atom stereocenters. The van der Waals surface area contributed by atoms with Crippen molar-refractivity contribution in [3.63, 3.8) is 0 Å². The highest BCUT2D eigenvalue weighted by molar-refractivity contribution is 7.90. The minimum atomic E-state index is -3.30. The van der Waals surface area contributed by atoms with E-state index in [2.05, 4.69) is 33.1 Å². The molecule has 1 fully saturated rings. The molecule has 28 heavy (non-hydrogen) atoms. The SMILES string of the molecule is CC(C)Cn1cc(CNS(=O)(=O)C2CC2)c2cc(F)c(-c3ccncn3)cc21. The van der Waals surface area contributed by atoms with Gasteiger partial charge >= 0.3 is 0 Å². The predicted molar refractivity (Wildman–Crippen MR) is 107 cm³/mol. The van der Waals surface area contributed by atoms with Crippen LogP contribution >= 0.6 is 0 Å². The Morgan fingerprint density at radius 1 is 1.32 bits per heavy atom. The Kier molecular flexibility index (Phi) is 4.93. The van der Waals surface area contributed by atoms with E-state index in [0.717, 1.165) is 23.0 Å². The molecule has 0 spiro atoms. The number of benzene rings is 1. The quantitative estimate of drug-likeness (QED) is 0.656. The molecular formula is C20H23FN4O2S. The van der Waals surface area contributed by atoms with Crippen molar-refractivity contribution in [2.75, 3.05) is 0 Å². The third kappa shape index (κ3) is 3.79. The standard InChI is InChI=1S/C20H23FN4O2S/c1-13(2)10-25-11-14(9-24-28(26,27)15-3-4-15)16-7-18(21)17(8-20(16)25)19-5-6-22-12-23-19/h5-8,11-13,15,24H,3-4,9-10H2,1-2H3. The van der Waals surface area contributed by atoms with E-state index < -0.39 is 10.0 Å². The van der Waals surface area contributed by atoms with Crippen LogP contribution in [0.3, 0.4) is 0 Å². The molecule has 148 valence electrons. The van der Waals surface area contributed by atoms with E-state index in [1.54, 1.807) is 18.3 Å². The molecule has 0 unspecified atom stereocenters. The highest BCUT2D eigenvalue weighted by atomic mass is 32.2. The van der Waals surface area contributed by atoms with Crippen LogP contribution in [0.4, 0.5) is 4.39 Å². The van der Waals surface area contributed by atoms with Gasteiger partial charge in [0.1, 0.15) is 12.1 Å². The summed E-state index contributed by atoms with van der Waals surface area (Å²) in [7, 11) is -3.30. The molecule has 0 radical (unpaired) electrons. The third-order valence-electron chi connectivity index (χ3n) is 4.90. The number of aromatic nitrogens is 3. The van der Waals surface area contributed by atoms with Gasteiger partial charge in [-0.05, 0) is 42.5 Å². The molecule has 1 aromatic carbocycles. The molecule has 2 heterocycles. The number of nitrogens with one attached hydrogen (secondary N) is 1. The lowest BCUT2D eigenvalue weighted by atomic mass is 10.1. The number of halogens is 1. The third-order valence-corrected chi connectivity index (χ3v) is 6.79. The second-order valence-corrected chi connectivity index (χ2v) is 9.76. The monoisotopic (exact) mass is 402 g/mol. The zero-order chi connectivity index (χ0) is 19.9. The second-order valence-electron chi connectivity index (χ2n) is 7.71. The molecule has 0 bridgehead atoms. The lowest BCUT2D eigenvalue weighted by molar-refractivity contribution is 0.534. The fourth-order valence-electron chi connectivity index (χ4n) is 3.39. The number of hydrogen-bond donors (Lipinski definition) is 1. The summed E-state index contributed by atoms with van der Waals surface area (Å²) in [5, 5.41) is 0.437. The molecule has 2 aromatic heterocycles. The molecule has 6 nitrogen and oxygen atoms in total. The van der Waals surface area contributed by atoms with Crippen molar-refractivity contribution in [3.8, 4) is 11.3 Å². The van der Waals surface area contributed by atoms with Gasteiger partial charge in [-0.1, -0.05) is 13.8 Å². The first-order chi connectivity index (χ1) is 13.3. The molecule has 1 aliphatic rings. The van der Waals surface area contributed by atoms with Crippen molar-refractivity contribution in [3.05, 3.63) is 48.3 Å². The molecule has 0 aliphatic heterocycles. The molecule has 4 rings (SSSR count). The molecule has 1 N–H and O–H groups in total. The fourth-order valence-corrected chi connectivity index (χ4v) is 4.74. The Hall–Kier alpha value is -2.32. The Balaban J connectivity index is 1.77. The highest BCUT2D eigenvalue weighted by Gasteiger charge is 2.35. The Morgan fingerprint density at radius 3 is 2.75 bits per heavy atom. The molecule has 0 amide bonds. The van der Waals surface area contributed by atoms with Crippen LogP contribution in [-0.2, 0) is 23.1 Å². The van der Waals surface area contributed by atoms with E-state index in [0.29, 0.717) is 30.0 Å². The van der Waals surface area contributed by atoms with Crippen molar-refractivity contribution in [2.24, 2.45) is 5.92 Å². The number of fused-ring (bicyclic) bond motifs is 1. The van der Waals surface area contributed by atoms with Gasteiger partial charge < -0.3 is 4.57 Å². The van der Waals surface area contributed by atoms with Crippen LogP contribution in [0.1, 0.15) is 32.3 Å². The lowest BCUT2D eigenvalue weighted by Crippen LogP contribution is -2.26. The Bertz CT molecular complexity index is 1110. The summed E-state index contributed by atoms with van der Waals surface area (Å²) in [6, 6.07) is 4.93. The summed E-state index contributed by atoms with van der Waals surface area (Å²) in [5.74, 6) is -0.000966. The number of rotatable bonds is 7. The Morgan fingerprint density at radius 2 is 2.11 bits per heavy atom. The average Bonchev–Trinajstić information content (AvgIpc) is 3.46. The summed E-state index contributed by atoms with van der Waals surface area (Å²) in [6.45, 7) is 5.12. The first kappa shape index (κ1) is 19.0. The second kappa shape index (κ2) is 7.25. The zero-order valence-corrected chi connectivity index (χ0v) is 16.7. The summed E-state index contributed by atoms with van der Waals surface area (Å²) < 4.78 is 44.0. The summed E-state index contributed by atoms with van der Waals surface area (Å²) in [5.41, 5.74) is 2.56. The van der Waals surface area contributed by atoms with Gasteiger partial charge in [-0.3, -0.25) is 0 Å². The smallest absolute Gasteiger partial charge is 0.214 e. The average molecular weight is 402 g/mol. The molecule has 0 saturated heterocycles. The van der Waals surface area contributed by atoms with Crippen molar-refractivity contribution in [1.29, 1.82) is 0 Å². The van der Waals surface area contributed by atoms with Crippen LogP contribution in [0.2, 0.25) is 0 Å². The van der Waals surface area contributed by atoms with E-state index >= 15 is 0 Å². The number of hydrogen-bond acceptors (Lipinski definition) is 4. The van der Waals surface area contributed by atoms with Crippen LogP contribution in [-0.4, -0.2) is 28.2 Å². The molecule has 1 aliphatic carbocycles. The van der Waals surface area contributed by atoms with Crippen LogP contribution < -0.4 is 4.72 Å². The van der Waals surface area contributed by atoms with Crippen molar-refractivity contribution in [1.82, 2.24) is 19.3 Å². The summed E-state index contributed by atoms with van der Waals surface area (Å²) in [4.78, 5) is 8.04. The molecular weight excluding hydrogens is 379 g/mol. The zero-order valence-electron chi connectivity index (χ0n) is 15.9. The van der Waals surface area contributed by atoms with Gasteiger partial charge in [-0.15, -0.1) is 0 Å². The van der Waals surface area contributed by atoms with E-state index in [4.69, 9.17) is 0 Å². The van der Waals surface area contributed by atoms with E-state index in [-0.39, 0.29) is 17.6 Å². The highest BCUT2D eigenvalue weighted by Crippen LogP contribution is 2.31. The van der Waals surface area contributed by atoms with E-state index in [9.17, 15) is 12.8 Å². The summed E-state index contributed by atoms with van der Waals surface area (Å²) in [6.07, 6.45) is 6.31. The molecule has 3 aromatic rings. The van der Waals surface area contributed by atoms with Gasteiger partial charge in [0.15, 0.2) is 0 Å². The van der Waals surface area contributed by atoms with Crippen LogP contribution in [0.5, 0.6) is 0 Å². The van der Waals surface area contributed by atoms with Crippen molar-refractivity contribution < 1.29 is 12.8 Å². The van der Waals surface area contributed by atoms with Crippen LogP contribution in [0.15, 0.2) is 36.9 Å². The maximum atomic E-state index is 14.9. The van der Waals surface area contributed by atoms with Gasteiger partial charge in [-0.2, -0.15) is 0 Å². The number of nitrogens with zero attached hydrogens (tertiary/aromatic N) is 3. The van der Waals surface area contributed by atoms with E-state index in [1.165, 1.54) is 12.4 Å². The lowest BCUT2D eigenvalue weighted by Gasteiger charge is -2.10. The van der Waals surface area contributed by atoms with Crippen LogP contribution in [0.25, 0.3) is 22.2 Å². The first-order valence-electron chi connectivity index (χ1n) is 9.41. The topological polar surface area (TPSA) is 76.9 Å². The van der Waals surface area contributed by atoms with Gasteiger partial charge in [-0.25, -0.2) is 27.5 Å². The maximum absolute atomic E-state index is 14.9.